The lowest BCUT2D eigenvalue weighted by Gasteiger charge is -2.13. The van der Waals surface area contributed by atoms with E-state index in [0.29, 0.717) is 12.1 Å². The first kappa shape index (κ1) is 15.2. The number of hydrogen-bond acceptors (Lipinski definition) is 3. The van der Waals surface area contributed by atoms with Crippen molar-refractivity contribution in [1.29, 1.82) is 0 Å². The fourth-order valence-corrected chi connectivity index (χ4v) is 2.28. The summed E-state index contributed by atoms with van der Waals surface area (Å²) in [4.78, 5) is 0. The third-order valence-corrected chi connectivity index (χ3v) is 3.89. The average molecular weight is 304 g/mol. The lowest BCUT2D eigenvalue weighted by atomic mass is 10.0. The van der Waals surface area contributed by atoms with Crippen molar-refractivity contribution < 1.29 is 5.21 Å². The summed E-state index contributed by atoms with van der Waals surface area (Å²) in [6.07, 6.45) is 0. The predicted molar refractivity (Wildman–Crippen MR) is 87.2 cm³/mol. The molecule has 0 aliphatic heterocycles. The molecule has 2 aromatic rings. The minimum absolute atomic E-state index is 0.114. The summed E-state index contributed by atoms with van der Waals surface area (Å²) in [5.41, 5.74) is 10.6. The van der Waals surface area contributed by atoms with Crippen LogP contribution in [-0.2, 0) is 6.54 Å². The third-order valence-electron chi connectivity index (χ3n) is 3.48. The van der Waals surface area contributed by atoms with Crippen molar-refractivity contribution in [3.63, 3.8) is 0 Å². The van der Waals surface area contributed by atoms with E-state index in [-0.39, 0.29) is 5.84 Å². The highest BCUT2D eigenvalue weighted by atomic mass is 35.5. The molecule has 0 aliphatic carbocycles. The topological polar surface area (TPSA) is 70.6 Å². The highest BCUT2D eigenvalue weighted by Crippen LogP contribution is 2.23. The molecule has 0 amide bonds. The van der Waals surface area contributed by atoms with Crippen molar-refractivity contribution in [2.45, 2.75) is 20.4 Å². The van der Waals surface area contributed by atoms with Crippen molar-refractivity contribution in [1.82, 2.24) is 0 Å². The van der Waals surface area contributed by atoms with Crippen molar-refractivity contribution in [3.05, 3.63) is 63.7 Å². The van der Waals surface area contributed by atoms with E-state index in [9.17, 15) is 0 Å². The molecule has 5 heteroatoms. The molecule has 0 aliphatic rings. The number of anilines is 1. The van der Waals surface area contributed by atoms with Gasteiger partial charge in [-0.25, -0.2) is 0 Å². The summed E-state index contributed by atoms with van der Waals surface area (Å²) in [5, 5.41) is 15.8. The summed E-state index contributed by atoms with van der Waals surface area (Å²) < 4.78 is 0. The van der Waals surface area contributed by atoms with Gasteiger partial charge in [-0.3, -0.25) is 0 Å². The number of benzene rings is 2. The molecule has 0 saturated carbocycles. The Hall–Kier alpha value is -2.20. The van der Waals surface area contributed by atoms with Crippen LogP contribution in [0.4, 0.5) is 5.69 Å². The van der Waals surface area contributed by atoms with Crippen molar-refractivity contribution in [3.8, 4) is 0 Å². The smallest absolute Gasteiger partial charge is 0.170 e. The van der Waals surface area contributed by atoms with Crippen LogP contribution in [0.15, 0.2) is 41.6 Å². The molecule has 0 saturated heterocycles. The van der Waals surface area contributed by atoms with Crippen LogP contribution >= 0.6 is 11.6 Å². The molecule has 0 heterocycles. The van der Waals surface area contributed by atoms with Crippen LogP contribution in [0.5, 0.6) is 0 Å². The lowest BCUT2D eigenvalue weighted by molar-refractivity contribution is 0.318. The second-order valence-corrected chi connectivity index (χ2v) is 5.30. The second-order valence-electron chi connectivity index (χ2n) is 4.89. The number of nitrogens with one attached hydrogen (secondary N) is 1. The zero-order valence-electron chi connectivity index (χ0n) is 12.0. The first-order valence-electron chi connectivity index (χ1n) is 6.59. The Labute approximate surface area is 129 Å². The third kappa shape index (κ3) is 3.47. The van der Waals surface area contributed by atoms with Gasteiger partial charge < -0.3 is 16.3 Å². The fraction of sp³-hybridized carbons (Fsp3) is 0.188. The van der Waals surface area contributed by atoms with E-state index in [1.807, 2.05) is 50.2 Å². The van der Waals surface area contributed by atoms with Crippen LogP contribution < -0.4 is 11.1 Å². The molecule has 110 valence electrons. The van der Waals surface area contributed by atoms with E-state index < -0.39 is 0 Å². The van der Waals surface area contributed by atoms with Crippen molar-refractivity contribution in [2.24, 2.45) is 10.9 Å². The zero-order chi connectivity index (χ0) is 15.4. The summed E-state index contributed by atoms with van der Waals surface area (Å²) >= 11 is 6.11. The molecule has 21 heavy (non-hydrogen) atoms. The number of nitrogens with two attached hydrogens (primary N) is 1. The number of amidine groups is 1. The first-order valence-corrected chi connectivity index (χ1v) is 6.97. The van der Waals surface area contributed by atoms with Gasteiger partial charge in [0, 0.05) is 22.8 Å². The van der Waals surface area contributed by atoms with Gasteiger partial charge in [0.25, 0.3) is 0 Å². The van der Waals surface area contributed by atoms with E-state index in [1.165, 1.54) is 0 Å². The zero-order valence-corrected chi connectivity index (χ0v) is 12.8. The van der Waals surface area contributed by atoms with Crippen molar-refractivity contribution in [2.75, 3.05) is 5.32 Å². The molecule has 0 atom stereocenters. The average Bonchev–Trinajstić information content (AvgIpc) is 2.49. The predicted octanol–water partition coefficient (Wildman–Crippen LogP) is 3.66. The van der Waals surface area contributed by atoms with Crippen LogP contribution in [0.2, 0.25) is 5.02 Å². The SMILES string of the molecule is Cc1cc(/C(N)=N/O)ccc1CNc1cccc(Cl)c1C. The van der Waals surface area contributed by atoms with E-state index in [4.69, 9.17) is 22.5 Å². The largest absolute Gasteiger partial charge is 0.409 e. The van der Waals surface area contributed by atoms with Gasteiger partial charge in [0.2, 0.25) is 0 Å². The second kappa shape index (κ2) is 6.50. The molecular formula is C16H18ClN3O. The molecule has 0 radical (unpaired) electrons. The summed E-state index contributed by atoms with van der Waals surface area (Å²) in [6.45, 7) is 4.67. The van der Waals surface area contributed by atoms with Gasteiger partial charge in [-0.15, -0.1) is 0 Å². The van der Waals surface area contributed by atoms with Crippen LogP contribution in [-0.4, -0.2) is 11.0 Å². The molecule has 4 nitrogen and oxygen atoms in total. The summed E-state index contributed by atoms with van der Waals surface area (Å²) in [5.74, 6) is 0.114. The Bertz CT molecular complexity index is 683. The maximum Gasteiger partial charge on any atom is 0.170 e. The molecule has 2 rings (SSSR count). The molecule has 0 spiro atoms. The van der Waals surface area contributed by atoms with Gasteiger partial charge >= 0.3 is 0 Å². The molecule has 2 aromatic carbocycles. The van der Waals surface area contributed by atoms with E-state index in [0.717, 1.165) is 27.4 Å². The van der Waals surface area contributed by atoms with Crippen LogP contribution in [0.1, 0.15) is 22.3 Å². The Morgan fingerprint density at radius 2 is 2.05 bits per heavy atom. The monoisotopic (exact) mass is 303 g/mol. The van der Waals surface area contributed by atoms with Crippen molar-refractivity contribution >= 4 is 23.1 Å². The quantitative estimate of drug-likeness (QED) is 0.349. The Morgan fingerprint density at radius 1 is 1.29 bits per heavy atom. The van der Waals surface area contributed by atoms with Gasteiger partial charge in [-0.05, 0) is 48.7 Å². The Morgan fingerprint density at radius 3 is 2.71 bits per heavy atom. The molecule has 0 aromatic heterocycles. The van der Waals surface area contributed by atoms with E-state index in [2.05, 4.69) is 10.5 Å². The molecule has 0 bridgehead atoms. The number of nitrogens with zero attached hydrogens (tertiary/aromatic N) is 1. The van der Waals surface area contributed by atoms with E-state index >= 15 is 0 Å². The van der Waals surface area contributed by atoms with Gasteiger partial charge in [0.05, 0.1) is 0 Å². The molecule has 0 fully saturated rings. The van der Waals surface area contributed by atoms with Crippen LogP contribution in [0, 0.1) is 13.8 Å². The fourth-order valence-electron chi connectivity index (χ4n) is 2.10. The number of rotatable bonds is 4. The minimum Gasteiger partial charge on any atom is -0.409 e. The standard InChI is InChI=1S/C16H18ClN3O/c1-10-8-12(16(18)20-21)6-7-13(10)9-19-15-5-3-4-14(17)11(15)2/h3-8,19,21H,9H2,1-2H3,(H2,18,20). The highest BCUT2D eigenvalue weighted by molar-refractivity contribution is 6.31. The van der Waals surface area contributed by atoms with Gasteiger partial charge in [-0.2, -0.15) is 0 Å². The van der Waals surface area contributed by atoms with Gasteiger partial charge in [0.15, 0.2) is 5.84 Å². The lowest BCUT2D eigenvalue weighted by Crippen LogP contribution is -2.13. The number of aryl methyl sites for hydroxylation is 1. The normalized spacial score (nSPS) is 11.5. The minimum atomic E-state index is 0.114. The number of oxime groups is 1. The Kier molecular flexibility index (Phi) is 4.70. The van der Waals surface area contributed by atoms with E-state index in [1.54, 1.807) is 0 Å². The van der Waals surface area contributed by atoms with Gasteiger partial charge in [-0.1, -0.05) is 35.0 Å². The van der Waals surface area contributed by atoms with Crippen LogP contribution in [0.3, 0.4) is 0 Å². The Balaban J connectivity index is 2.15. The summed E-state index contributed by atoms with van der Waals surface area (Å²) in [7, 11) is 0. The number of halogens is 1. The number of hydrogen-bond donors (Lipinski definition) is 3. The molecule has 4 N–H and O–H groups in total. The highest BCUT2D eigenvalue weighted by Gasteiger charge is 2.05. The summed E-state index contributed by atoms with van der Waals surface area (Å²) in [6, 6.07) is 11.5. The van der Waals surface area contributed by atoms with Gasteiger partial charge in [0.1, 0.15) is 0 Å². The van der Waals surface area contributed by atoms with Crippen LogP contribution in [0.25, 0.3) is 0 Å². The molecular weight excluding hydrogens is 286 g/mol. The first-order chi connectivity index (χ1) is 10.0. The maximum absolute atomic E-state index is 8.70. The maximum atomic E-state index is 8.70. The molecule has 0 unspecified atom stereocenters.